The second kappa shape index (κ2) is 2.87. The van der Waals surface area contributed by atoms with Gasteiger partial charge in [0.2, 0.25) is 0 Å². The monoisotopic (exact) mass is 460 g/mol. The third-order valence-corrected chi connectivity index (χ3v) is 9.35. The number of rotatable bonds is 0. The van der Waals surface area contributed by atoms with E-state index in [0.29, 0.717) is 10.8 Å². The van der Waals surface area contributed by atoms with E-state index in [4.69, 9.17) is 0 Å². The number of alkyl halides is 2. The minimum Gasteiger partial charge on any atom is -0.0746 e. The standard InChI is InChI=1S/C16H14I2/c17-15-7-5-13(3-1-11(13)9-15)16(18)8-6-14(15)4-2-12(14)10-16/h5-10H,1-4H2. The fourth-order valence-corrected chi connectivity index (χ4v) is 7.38. The summed E-state index contributed by atoms with van der Waals surface area (Å²) in [4.78, 5) is 0. The molecule has 2 spiro atoms. The molecular weight excluding hydrogens is 446 g/mol. The number of allylic oxidation sites excluding steroid dienone is 8. The molecule has 0 saturated heterocycles. The van der Waals surface area contributed by atoms with Gasteiger partial charge in [-0.05, 0) is 25.7 Å². The van der Waals surface area contributed by atoms with Crippen LogP contribution in [-0.4, -0.2) is 6.84 Å². The van der Waals surface area contributed by atoms with Gasteiger partial charge in [-0.1, -0.05) is 92.8 Å². The van der Waals surface area contributed by atoms with Crippen molar-refractivity contribution in [3.63, 3.8) is 0 Å². The van der Waals surface area contributed by atoms with Gasteiger partial charge in [-0.25, -0.2) is 0 Å². The van der Waals surface area contributed by atoms with Crippen LogP contribution in [0.3, 0.4) is 0 Å². The highest BCUT2D eigenvalue weighted by atomic mass is 127. The summed E-state index contributed by atoms with van der Waals surface area (Å²) in [7, 11) is 0. The molecule has 4 bridgehead atoms. The van der Waals surface area contributed by atoms with Crippen LogP contribution < -0.4 is 0 Å². The zero-order valence-electron chi connectivity index (χ0n) is 10.0. The van der Waals surface area contributed by atoms with E-state index in [0.717, 1.165) is 0 Å². The summed E-state index contributed by atoms with van der Waals surface area (Å²) in [5.41, 5.74) is 4.04. The molecule has 8 rings (SSSR count). The normalized spacial score (nSPS) is 57.7. The second-order valence-electron chi connectivity index (χ2n) is 6.48. The summed E-state index contributed by atoms with van der Waals surface area (Å²) in [5.74, 6) is 0. The summed E-state index contributed by atoms with van der Waals surface area (Å²) < 4.78 is 0.423. The third kappa shape index (κ3) is 0.885. The molecule has 4 unspecified atom stereocenters. The number of hydrogen-bond donors (Lipinski definition) is 0. The van der Waals surface area contributed by atoms with Crippen molar-refractivity contribution in [3.05, 3.63) is 47.6 Å². The maximum absolute atomic E-state index is 2.71. The summed E-state index contributed by atoms with van der Waals surface area (Å²) >= 11 is 5.41. The van der Waals surface area contributed by atoms with Crippen molar-refractivity contribution >= 4 is 45.2 Å². The molecule has 0 aromatic carbocycles. The lowest BCUT2D eigenvalue weighted by molar-refractivity contribution is 0.222. The molecule has 0 nitrogen and oxygen atoms in total. The van der Waals surface area contributed by atoms with Crippen LogP contribution >= 0.6 is 45.2 Å². The Morgan fingerprint density at radius 3 is 1.44 bits per heavy atom. The maximum Gasteiger partial charge on any atom is 0.0711 e. The van der Waals surface area contributed by atoms with Crippen LogP contribution in [0.1, 0.15) is 25.7 Å². The van der Waals surface area contributed by atoms with Crippen molar-refractivity contribution in [3.8, 4) is 0 Å². The van der Waals surface area contributed by atoms with E-state index >= 15 is 0 Å². The fraction of sp³-hybridized carbons (Fsp3) is 0.500. The molecule has 2 saturated carbocycles. The number of halogens is 2. The van der Waals surface area contributed by atoms with E-state index in [9.17, 15) is 0 Å². The zero-order valence-corrected chi connectivity index (χ0v) is 14.4. The Hall–Kier alpha value is 0.420. The SMILES string of the molecule is IC12C=CC3(CCC3=C1)C1(I)C=CC23CCC3=C1. The topological polar surface area (TPSA) is 0 Å². The van der Waals surface area contributed by atoms with Gasteiger partial charge >= 0.3 is 0 Å². The van der Waals surface area contributed by atoms with Crippen molar-refractivity contribution in [1.29, 1.82) is 0 Å². The lowest BCUT2D eigenvalue weighted by Gasteiger charge is -2.64. The molecule has 0 amide bonds. The van der Waals surface area contributed by atoms with E-state index < -0.39 is 0 Å². The molecule has 18 heavy (non-hydrogen) atoms. The van der Waals surface area contributed by atoms with Gasteiger partial charge < -0.3 is 0 Å². The molecule has 8 aliphatic carbocycles. The lowest BCUT2D eigenvalue weighted by Crippen LogP contribution is -2.59. The first-order valence-corrected chi connectivity index (χ1v) is 8.93. The molecule has 0 N–H and O–H groups in total. The Morgan fingerprint density at radius 2 is 1.17 bits per heavy atom. The van der Waals surface area contributed by atoms with E-state index in [1.54, 1.807) is 11.1 Å². The quantitative estimate of drug-likeness (QED) is 0.274. The van der Waals surface area contributed by atoms with Gasteiger partial charge in [-0.2, -0.15) is 0 Å². The summed E-state index contributed by atoms with van der Waals surface area (Å²) in [5, 5.41) is 0. The molecule has 2 fully saturated rings. The van der Waals surface area contributed by atoms with Crippen molar-refractivity contribution in [1.82, 2.24) is 0 Å². The van der Waals surface area contributed by atoms with Crippen molar-refractivity contribution in [2.75, 3.05) is 0 Å². The van der Waals surface area contributed by atoms with Crippen LogP contribution in [0.2, 0.25) is 0 Å². The molecule has 4 atom stereocenters. The maximum atomic E-state index is 2.71. The minimum absolute atomic E-state index is 0.211. The Bertz CT molecular complexity index is 557. The Morgan fingerprint density at radius 1 is 0.722 bits per heavy atom. The van der Waals surface area contributed by atoms with Gasteiger partial charge in [0.1, 0.15) is 0 Å². The van der Waals surface area contributed by atoms with Crippen molar-refractivity contribution < 1.29 is 0 Å². The van der Waals surface area contributed by atoms with E-state index in [2.05, 4.69) is 81.6 Å². The highest BCUT2D eigenvalue weighted by Gasteiger charge is 2.65. The molecule has 0 aliphatic heterocycles. The van der Waals surface area contributed by atoms with E-state index in [1.165, 1.54) is 25.7 Å². The summed E-state index contributed by atoms with van der Waals surface area (Å²) in [6.45, 7) is 0. The predicted octanol–water partition coefficient (Wildman–Crippen LogP) is 4.90. The van der Waals surface area contributed by atoms with Crippen LogP contribution in [0, 0.1) is 10.8 Å². The highest BCUT2D eigenvalue weighted by molar-refractivity contribution is 14.1. The van der Waals surface area contributed by atoms with Crippen LogP contribution in [-0.2, 0) is 0 Å². The Balaban J connectivity index is 1.90. The van der Waals surface area contributed by atoms with Crippen molar-refractivity contribution in [2.45, 2.75) is 32.5 Å². The molecule has 8 aliphatic rings. The summed E-state index contributed by atoms with van der Waals surface area (Å²) in [6.07, 6.45) is 20.7. The molecule has 0 aromatic rings. The number of hydrogen-bond acceptors (Lipinski definition) is 0. The van der Waals surface area contributed by atoms with Gasteiger partial charge in [-0.15, -0.1) is 0 Å². The van der Waals surface area contributed by atoms with Gasteiger partial charge in [0.15, 0.2) is 0 Å². The lowest BCUT2D eigenvalue weighted by atomic mass is 9.44. The zero-order chi connectivity index (χ0) is 12.2. The average Bonchev–Trinajstić information content (AvgIpc) is 2.28. The molecule has 0 aromatic heterocycles. The van der Waals surface area contributed by atoms with Gasteiger partial charge in [-0.3, -0.25) is 0 Å². The van der Waals surface area contributed by atoms with Crippen LogP contribution in [0.4, 0.5) is 0 Å². The highest BCUT2D eigenvalue weighted by Crippen LogP contribution is 2.72. The molecule has 0 heterocycles. The molecule has 0 radical (unpaired) electrons. The van der Waals surface area contributed by atoms with Crippen LogP contribution in [0.5, 0.6) is 0 Å². The largest absolute Gasteiger partial charge is 0.0746 e. The molecule has 2 heteroatoms. The van der Waals surface area contributed by atoms with Gasteiger partial charge in [0.25, 0.3) is 0 Å². The Kier molecular flexibility index (Phi) is 1.78. The third-order valence-electron chi connectivity index (χ3n) is 6.08. The van der Waals surface area contributed by atoms with Gasteiger partial charge in [0, 0.05) is 10.8 Å². The molecule has 92 valence electrons. The first-order valence-electron chi connectivity index (χ1n) is 6.77. The average molecular weight is 460 g/mol. The van der Waals surface area contributed by atoms with E-state index in [-0.39, 0.29) is 6.84 Å². The molecular formula is C16H14I2. The minimum atomic E-state index is 0.211. The predicted molar refractivity (Wildman–Crippen MR) is 91.3 cm³/mol. The second-order valence-corrected chi connectivity index (χ2v) is 10.1. The van der Waals surface area contributed by atoms with Crippen LogP contribution in [0.25, 0.3) is 0 Å². The van der Waals surface area contributed by atoms with E-state index in [1.807, 2.05) is 0 Å². The first kappa shape index (κ1) is 11.1. The Labute approximate surface area is 135 Å². The summed E-state index contributed by atoms with van der Waals surface area (Å²) in [6, 6.07) is 0. The smallest absolute Gasteiger partial charge is 0.0711 e. The van der Waals surface area contributed by atoms with Crippen molar-refractivity contribution in [2.24, 2.45) is 10.8 Å². The fourth-order valence-electron chi connectivity index (χ4n) is 4.68. The van der Waals surface area contributed by atoms with Crippen LogP contribution in [0.15, 0.2) is 47.6 Å². The first-order chi connectivity index (χ1) is 8.54. The van der Waals surface area contributed by atoms with Gasteiger partial charge in [0.05, 0.1) is 6.84 Å².